The minimum Gasteiger partial charge on any atom is -0.454 e. The smallest absolute Gasteiger partial charge is 0.231 e. The maximum Gasteiger partial charge on any atom is 0.231 e. The van der Waals surface area contributed by atoms with Gasteiger partial charge in [0, 0.05) is 6.54 Å². The van der Waals surface area contributed by atoms with E-state index in [0.717, 1.165) is 37.4 Å². The number of ether oxygens (including phenoxy) is 2. The van der Waals surface area contributed by atoms with Crippen LogP contribution in [-0.4, -0.2) is 13.3 Å². The van der Waals surface area contributed by atoms with Gasteiger partial charge >= 0.3 is 0 Å². The predicted molar refractivity (Wildman–Crippen MR) is 79.0 cm³/mol. The van der Waals surface area contributed by atoms with Gasteiger partial charge < -0.3 is 14.8 Å². The summed E-state index contributed by atoms with van der Waals surface area (Å²) in [7, 11) is 0. The van der Waals surface area contributed by atoms with Crippen LogP contribution < -0.4 is 14.8 Å². The van der Waals surface area contributed by atoms with E-state index in [0.29, 0.717) is 6.79 Å². The van der Waals surface area contributed by atoms with Gasteiger partial charge in [-0.15, -0.1) is 0 Å². The number of hydrogen-bond donors (Lipinski definition) is 1. The van der Waals surface area contributed by atoms with Crippen LogP contribution in [0.15, 0.2) is 48.5 Å². The van der Waals surface area contributed by atoms with Gasteiger partial charge in [0.2, 0.25) is 6.79 Å². The molecule has 0 bridgehead atoms. The molecule has 0 aromatic heterocycles. The predicted octanol–water partition coefficient (Wildman–Crippen LogP) is 3.14. The molecule has 0 aliphatic carbocycles. The Hall–Kier alpha value is -2.00. The van der Waals surface area contributed by atoms with E-state index >= 15 is 0 Å². The Labute approximate surface area is 119 Å². The monoisotopic (exact) mass is 269 g/mol. The second-order valence-corrected chi connectivity index (χ2v) is 4.95. The van der Waals surface area contributed by atoms with Crippen molar-refractivity contribution in [1.29, 1.82) is 0 Å². The highest BCUT2D eigenvalue weighted by molar-refractivity contribution is 5.44. The molecule has 1 heterocycles. The first-order chi connectivity index (χ1) is 9.92. The van der Waals surface area contributed by atoms with Crippen molar-refractivity contribution in [2.24, 2.45) is 0 Å². The zero-order valence-electron chi connectivity index (χ0n) is 11.5. The van der Waals surface area contributed by atoms with Gasteiger partial charge in [0.15, 0.2) is 11.5 Å². The Kier molecular flexibility index (Phi) is 4.19. The summed E-state index contributed by atoms with van der Waals surface area (Å²) in [5, 5.41) is 3.47. The van der Waals surface area contributed by atoms with Crippen LogP contribution in [0.5, 0.6) is 11.5 Å². The van der Waals surface area contributed by atoms with Crippen LogP contribution >= 0.6 is 0 Å². The molecule has 2 aromatic carbocycles. The van der Waals surface area contributed by atoms with E-state index in [-0.39, 0.29) is 0 Å². The van der Waals surface area contributed by atoms with Gasteiger partial charge in [-0.1, -0.05) is 36.4 Å². The van der Waals surface area contributed by atoms with Crippen LogP contribution in [0.1, 0.15) is 17.5 Å². The summed E-state index contributed by atoms with van der Waals surface area (Å²) in [6, 6.07) is 16.7. The summed E-state index contributed by atoms with van der Waals surface area (Å²) in [5.74, 6) is 1.70. The standard InChI is InChI=1S/C17H19NO2/c1-2-5-14(6-3-1)7-4-10-18-12-15-8-9-16-17(11-15)20-13-19-16/h1-3,5-6,8-9,11,18H,4,7,10,12-13H2. The molecule has 2 aromatic rings. The molecule has 0 unspecified atom stereocenters. The lowest BCUT2D eigenvalue weighted by atomic mass is 10.1. The number of nitrogens with one attached hydrogen (secondary N) is 1. The van der Waals surface area contributed by atoms with Gasteiger partial charge in [-0.25, -0.2) is 0 Å². The van der Waals surface area contributed by atoms with Gasteiger partial charge in [-0.3, -0.25) is 0 Å². The molecule has 1 aliphatic heterocycles. The Morgan fingerprint density at radius 1 is 0.900 bits per heavy atom. The van der Waals surface area contributed by atoms with Gasteiger partial charge in [0.25, 0.3) is 0 Å². The summed E-state index contributed by atoms with van der Waals surface area (Å²) in [6.07, 6.45) is 2.27. The minimum atomic E-state index is 0.337. The van der Waals surface area contributed by atoms with Crippen molar-refractivity contribution in [3.05, 3.63) is 59.7 Å². The molecule has 3 heteroatoms. The average molecular weight is 269 g/mol. The molecule has 0 fully saturated rings. The van der Waals surface area contributed by atoms with Crippen LogP contribution in [0, 0.1) is 0 Å². The van der Waals surface area contributed by atoms with Gasteiger partial charge in [-0.2, -0.15) is 0 Å². The molecule has 0 saturated heterocycles. The second-order valence-electron chi connectivity index (χ2n) is 4.95. The number of benzene rings is 2. The van der Waals surface area contributed by atoms with E-state index in [4.69, 9.17) is 9.47 Å². The fourth-order valence-corrected chi connectivity index (χ4v) is 2.35. The van der Waals surface area contributed by atoms with Gasteiger partial charge in [0.1, 0.15) is 0 Å². The number of hydrogen-bond acceptors (Lipinski definition) is 3. The highest BCUT2D eigenvalue weighted by Crippen LogP contribution is 2.32. The van der Waals surface area contributed by atoms with Gasteiger partial charge in [0.05, 0.1) is 0 Å². The Bertz CT molecular complexity index is 554. The first-order valence-corrected chi connectivity index (χ1v) is 7.05. The molecule has 0 spiro atoms. The minimum absolute atomic E-state index is 0.337. The molecule has 104 valence electrons. The lowest BCUT2D eigenvalue weighted by Crippen LogP contribution is -2.15. The first kappa shape index (κ1) is 13.0. The van der Waals surface area contributed by atoms with Crippen LogP contribution in [-0.2, 0) is 13.0 Å². The Balaban J connectivity index is 1.40. The highest BCUT2D eigenvalue weighted by atomic mass is 16.7. The van der Waals surface area contributed by atoms with Crippen molar-refractivity contribution in [1.82, 2.24) is 5.32 Å². The third-order valence-corrected chi connectivity index (χ3v) is 3.43. The van der Waals surface area contributed by atoms with Crippen molar-refractivity contribution in [2.45, 2.75) is 19.4 Å². The Morgan fingerprint density at radius 2 is 1.75 bits per heavy atom. The molecular formula is C17H19NO2. The molecule has 3 nitrogen and oxygen atoms in total. The largest absolute Gasteiger partial charge is 0.454 e. The molecular weight excluding hydrogens is 250 g/mol. The van der Waals surface area contributed by atoms with Crippen molar-refractivity contribution in [3.8, 4) is 11.5 Å². The molecule has 3 rings (SSSR count). The number of aryl methyl sites for hydroxylation is 1. The lowest BCUT2D eigenvalue weighted by molar-refractivity contribution is 0.174. The summed E-state index contributed by atoms with van der Waals surface area (Å²) >= 11 is 0. The molecule has 0 amide bonds. The van der Waals surface area contributed by atoms with E-state index in [9.17, 15) is 0 Å². The van der Waals surface area contributed by atoms with E-state index in [1.165, 1.54) is 11.1 Å². The maximum atomic E-state index is 5.37. The summed E-state index contributed by atoms with van der Waals surface area (Å²) in [6.45, 7) is 2.22. The summed E-state index contributed by atoms with van der Waals surface area (Å²) in [4.78, 5) is 0. The third kappa shape index (κ3) is 3.31. The second kappa shape index (κ2) is 6.44. The molecule has 0 saturated carbocycles. The molecule has 1 aliphatic rings. The lowest BCUT2D eigenvalue weighted by Gasteiger charge is -2.06. The van der Waals surface area contributed by atoms with Crippen molar-refractivity contribution in [3.63, 3.8) is 0 Å². The summed E-state index contributed by atoms with van der Waals surface area (Å²) in [5.41, 5.74) is 2.63. The molecule has 0 radical (unpaired) electrons. The first-order valence-electron chi connectivity index (χ1n) is 7.05. The van der Waals surface area contributed by atoms with Crippen LogP contribution in [0.4, 0.5) is 0 Å². The van der Waals surface area contributed by atoms with Crippen LogP contribution in [0.2, 0.25) is 0 Å². The topological polar surface area (TPSA) is 30.5 Å². The van der Waals surface area contributed by atoms with Gasteiger partial charge in [-0.05, 0) is 42.6 Å². The van der Waals surface area contributed by atoms with Crippen LogP contribution in [0.3, 0.4) is 0 Å². The van der Waals surface area contributed by atoms with E-state index in [1.807, 2.05) is 12.1 Å². The van der Waals surface area contributed by atoms with Crippen LogP contribution in [0.25, 0.3) is 0 Å². The number of rotatable bonds is 6. The fraction of sp³-hybridized carbons (Fsp3) is 0.294. The van der Waals surface area contributed by atoms with Crippen molar-refractivity contribution >= 4 is 0 Å². The zero-order chi connectivity index (χ0) is 13.6. The molecule has 20 heavy (non-hydrogen) atoms. The highest BCUT2D eigenvalue weighted by Gasteiger charge is 2.12. The maximum absolute atomic E-state index is 5.37. The SMILES string of the molecule is c1ccc(CCCNCc2ccc3c(c2)OCO3)cc1. The average Bonchev–Trinajstić information content (AvgIpc) is 2.95. The molecule has 0 atom stereocenters. The van der Waals surface area contributed by atoms with E-state index < -0.39 is 0 Å². The van der Waals surface area contributed by atoms with Crippen molar-refractivity contribution < 1.29 is 9.47 Å². The number of fused-ring (bicyclic) bond motifs is 1. The third-order valence-electron chi connectivity index (χ3n) is 3.43. The van der Waals surface area contributed by atoms with E-state index in [2.05, 4.69) is 41.7 Å². The van der Waals surface area contributed by atoms with E-state index in [1.54, 1.807) is 0 Å². The fourth-order valence-electron chi connectivity index (χ4n) is 2.35. The Morgan fingerprint density at radius 3 is 2.65 bits per heavy atom. The molecule has 1 N–H and O–H groups in total. The zero-order valence-corrected chi connectivity index (χ0v) is 11.5. The van der Waals surface area contributed by atoms with Crippen molar-refractivity contribution in [2.75, 3.05) is 13.3 Å². The normalized spacial score (nSPS) is 12.6. The quantitative estimate of drug-likeness (QED) is 0.817. The summed E-state index contributed by atoms with van der Waals surface area (Å²) < 4.78 is 10.7.